The molecule has 0 saturated carbocycles. The van der Waals surface area contributed by atoms with Crippen LogP contribution in [0, 0.1) is 0 Å². The number of nitrogens with one attached hydrogen (secondary N) is 1. The zero-order chi connectivity index (χ0) is 12.0. The summed E-state index contributed by atoms with van der Waals surface area (Å²) in [4.78, 5) is 1.37. The maximum absolute atomic E-state index is 3.29. The van der Waals surface area contributed by atoms with E-state index in [0.29, 0.717) is 0 Å². The summed E-state index contributed by atoms with van der Waals surface area (Å²) in [6.07, 6.45) is 1.16. The second-order valence-electron chi connectivity index (χ2n) is 4.40. The third-order valence-corrected chi connectivity index (χ3v) is 4.10. The molecule has 16 heavy (non-hydrogen) atoms. The van der Waals surface area contributed by atoms with Crippen molar-refractivity contribution in [2.45, 2.75) is 37.5 Å². The normalized spacial score (nSPS) is 14.8. The monoisotopic (exact) mass is 237 g/mol. The van der Waals surface area contributed by atoms with Crippen molar-refractivity contribution in [1.82, 2.24) is 5.32 Å². The van der Waals surface area contributed by atoms with Gasteiger partial charge in [0.2, 0.25) is 0 Å². The van der Waals surface area contributed by atoms with Gasteiger partial charge in [-0.1, -0.05) is 32.9 Å². The Balaban J connectivity index is 2.85. The summed E-state index contributed by atoms with van der Waals surface area (Å²) in [6, 6.07) is 9.04. The highest BCUT2D eigenvalue weighted by Gasteiger charge is 2.23. The molecule has 1 aromatic carbocycles. The van der Waals surface area contributed by atoms with Crippen LogP contribution in [0.2, 0.25) is 0 Å². The standard InChI is InChI=1S/C14H23NS/c1-5-14(3,11-15-4)12-7-9-13(10-8-12)16-6-2/h7-10,15H,5-6,11H2,1-4H3. The molecule has 1 N–H and O–H groups in total. The quantitative estimate of drug-likeness (QED) is 0.757. The maximum Gasteiger partial charge on any atom is 0.00720 e. The summed E-state index contributed by atoms with van der Waals surface area (Å²) in [5, 5.41) is 3.29. The maximum atomic E-state index is 3.29. The number of likely N-dealkylation sites (N-methyl/N-ethyl adjacent to an activating group) is 1. The summed E-state index contributed by atoms with van der Waals surface area (Å²) in [5.41, 5.74) is 1.69. The Morgan fingerprint density at radius 2 is 1.81 bits per heavy atom. The van der Waals surface area contributed by atoms with Gasteiger partial charge in [-0.2, -0.15) is 0 Å². The molecule has 0 aromatic heterocycles. The van der Waals surface area contributed by atoms with Crippen LogP contribution in [0.15, 0.2) is 29.2 Å². The molecule has 1 unspecified atom stereocenters. The lowest BCUT2D eigenvalue weighted by molar-refractivity contribution is 0.433. The first-order valence-corrected chi connectivity index (χ1v) is 7.02. The van der Waals surface area contributed by atoms with Gasteiger partial charge < -0.3 is 5.32 Å². The number of hydrogen-bond acceptors (Lipinski definition) is 2. The minimum absolute atomic E-state index is 0.254. The fourth-order valence-electron chi connectivity index (χ4n) is 1.94. The van der Waals surface area contributed by atoms with Gasteiger partial charge in [0.15, 0.2) is 0 Å². The van der Waals surface area contributed by atoms with Crippen molar-refractivity contribution < 1.29 is 0 Å². The molecule has 1 atom stereocenters. The molecule has 0 aliphatic rings. The first-order valence-electron chi connectivity index (χ1n) is 6.04. The molecule has 0 amide bonds. The van der Waals surface area contributed by atoms with E-state index in [9.17, 15) is 0 Å². The molecular weight excluding hydrogens is 214 g/mol. The predicted molar refractivity (Wildman–Crippen MR) is 74.4 cm³/mol. The minimum Gasteiger partial charge on any atom is -0.319 e. The SMILES string of the molecule is CCSc1ccc(C(C)(CC)CNC)cc1. The molecule has 1 aromatic rings. The van der Waals surface area contributed by atoms with Crippen LogP contribution in [0.1, 0.15) is 32.8 Å². The second kappa shape index (κ2) is 6.31. The van der Waals surface area contributed by atoms with Crippen LogP contribution in [0.4, 0.5) is 0 Å². The molecule has 90 valence electrons. The summed E-state index contributed by atoms with van der Waals surface area (Å²) in [5.74, 6) is 1.14. The molecule has 2 heteroatoms. The summed E-state index contributed by atoms with van der Waals surface area (Å²) in [6.45, 7) is 7.80. The molecular formula is C14H23NS. The molecule has 0 saturated heterocycles. The van der Waals surface area contributed by atoms with Crippen molar-refractivity contribution in [2.75, 3.05) is 19.3 Å². The van der Waals surface area contributed by atoms with Gasteiger partial charge in [0.05, 0.1) is 0 Å². The zero-order valence-corrected chi connectivity index (χ0v) is 11.7. The molecule has 0 bridgehead atoms. The van der Waals surface area contributed by atoms with Crippen molar-refractivity contribution in [2.24, 2.45) is 0 Å². The third-order valence-electron chi connectivity index (χ3n) is 3.21. The molecule has 0 heterocycles. The lowest BCUT2D eigenvalue weighted by Crippen LogP contribution is -2.33. The number of thioether (sulfide) groups is 1. The molecule has 1 nitrogen and oxygen atoms in total. The molecule has 0 aliphatic heterocycles. The highest BCUT2D eigenvalue weighted by Crippen LogP contribution is 2.28. The Labute approximate surface area is 104 Å². The van der Waals surface area contributed by atoms with Crippen molar-refractivity contribution >= 4 is 11.8 Å². The smallest absolute Gasteiger partial charge is 0.00720 e. The van der Waals surface area contributed by atoms with Gasteiger partial charge in [0.25, 0.3) is 0 Å². The first-order chi connectivity index (χ1) is 7.66. The Morgan fingerprint density at radius 3 is 2.25 bits per heavy atom. The summed E-state index contributed by atoms with van der Waals surface area (Å²) in [7, 11) is 2.02. The van der Waals surface area contributed by atoms with Crippen molar-refractivity contribution in [3.63, 3.8) is 0 Å². The van der Waals surface area contributed by atoms with E-state index in [1.807, 2.05) is 18.8 Å². The Bertz CT molecular complexity index is 307. The second-order valence-corrected chi connectivity index (χ2v) is 5.74. The molecule has 0 radical (unpaired) electrons. The summed E-state index contributed by atoms with van der Waals surface area (Å²) < 4.78 is 0. The lowest BCUT2D eigenvalue weighted by Gasteiger charge is -2.28. The summed E-state index contributed by atoms with van der Waals surface area (Å²) >= 11 is 1.90. The lowest BCUT2D eigenvalue weighted by atomic mass is 9.80. The van der Waals surface area contributed by atoms with E-state index < -0.39 is 0 Å². The van der Waals surface area contributed by atoms with E-state index >= 15 is 0 Å². The average Bonchev–Trinajstić information content (AvgIpc) is 2.30. The van der Waals surface area contributed by atoms with Crippen LogP contribution in [0.25, 0.3) is 0 Å². The largest absolute Gasteiger partial charge is 0.319 e. The molecule has 0 aliphatic carbocycles. The molecule has 0 fully saturated rings. The van der Waals surface area contributed by atoms with E-state index in [1.165, 1.54) is 10.5 Å². The fourth-order valence-corrected chi connectivity index (χ4v) is 2.60. The minimum atomic E-state index is 0.254. The topological polar surface area (TPSA) is 12.0 Å². The van der Waals surface area contributed by atoms with Crippen molar-refractivity contribution in [3.8, 4) is 0 Å². The van der Waals surface area contributed by atoms with E-state index in [2.05, 4.69) is 50.4 Å². The fraction of sp³-hybridized carbons (Fsp3) is 0.571. The van der Waals surface area contributed by atoms with Crippen LogP contribution in [-0.4, -0.2) is 19.3 Å². The highest BCUT2D eigenvalue weighted by atomic mass is 32.2. The van der Waals surface area contributed by atoms with E-state index in [1.54, 1.807) is 0 Å². The van der Waals surface area contributed by atoms with E-state index in [-0.39, 0.29) is 5.41 Å². The van der Waals surface area contributed by atoms with Gasteiger partial charge in [0.1, 0.15) is 0 Å². The van der Waals surface area contributed by atoms with Crippen LogP contribution < -0.4 is 5.32 Å². The average molecular weight is 237 g/mol. The predicted octanol–water partition coefficient (Wildman–Crippen LogP) is 3.69. The van der Waals surface area contributed by atoms with Gasteiger partial charge >= 0.3 is 0 Å². The van der Waals surface area contributed by atoms with E-state index in [0.717, 1.165) is 18.7 Å². The number of rotatable bonds is 6. The van der Waals surface area contributed by atoms with Gasteiger partial charge in [-0.15, -0.1) is 11.8 Å². The molecule has 0 spiro atoms. The Hall–Kier alpha value is -0.470. The van der Waals surface area contributed by atoms with Crippen LogP contribution in [0.5, 0.6) is 0 Å². The van der Waals surface area contributed by atoms with Crippen LogP contribution in [0.3, 0.4) is 0 Å². The zero-order valence-electron chi connectivity index (χ0n) is 10.8. The third kappa shape index (κ3) is 3.26. The van der Waals surface area contributed by atoms with Gasteiger partial charge in [-0.3, -0.25) is 0 Å². The van der Waals surface area contributed by atoms with Crippen molar-refractivity contribution in [1.29, 1.82) is 0 Å². The van der Waals surface area contributed by atoms with E-state index in [4.69, 9.17) is 0 Å². The first kappa shape index (κ1) is 13.6. The Morgan fingerprint density at radius 1 is 1.19 bits per heavy atom. The number of benzene rings is 1. The van der Waals surface area contributed by atoms with Crippen molar-refractivity contribution in [3.05, 3.63) is 29.8 Å². The van der Waals surface area contributed by atoms with Gasteiger partial charge in [-0.25, -0.2) is 0 Å². The van der Waals surface area contributed by atoms with Crippen LogP contribution >= 0.6 is 11.8 Å². The number of hydrogen-bond donors (Lipinski definition) is 1. The van der Waals surface area contributed by atoms with Crippen LogP contribution in [-0.2, 0) is 5.41 Å². The Kier molecular flexibility index (Phi) is 5.36. The molecule has 1 rings (SSSR count). The highest BCUT2D eigenvalue weighted by molar-refractivity contribution is 7.99. The van der Waals surface area contributed by atoms with Gasteiger partial charge in [0, 0.05) is 16.9 Å². The van der Waals surface area contributed by atoms with Gasteiger partial charge in [-0.05, 0) is 36.9 Å².